The van der Waals surface area contributed by atoms with Crippen LogP contribution in [0.4, 0.5) is 5.69 Å². The Morgan fingerprint density at radius 1 is 1.65 bits per heavy atom. The highest BCUT2D eigenvalue weighted by Crippen LogP contribution is 2.18. The van der Waals surface area contributed by atoms with Gasteiger partial charge in [-0.05, 0) is 34.5 Å². The minimum absolute atomic E-state index is 0.0738. The Hall–Kier alpha value is -1.43. The summed E-state index contributed by atoms with van der Waals surface area (Å²) in [7, 11) is 0. The van der Waals surface area contributed by atoms with Gasteiger partial charge in [0.05, 0.1) is 17.8 Å². The summed E-state index contributed by atoms with van der Waals surface area (Å²) < 4.78 is 0.758. The third-order valence-corrected chi connectivity index (χ3v) is 3.46. The number of nitrogens with zero attached hydrogens (tertiary/aromatic N) is 1. The van der Waals surface area contributed by atoms with Gasteiger partial charge in [0.2, 0.25) is 11.8 Å². The highest BCUT2D eigenvalue weighted by Gasteiger charge is 2.27. The summed E-state index contributed by atoms with van der Waals surface area (Å²) in [6.45, 7) is 2.31. The molecule has 0 bridgehead atoms. The average Bonchev–Trinajstić information content (AvgIpc) is 2.70. The minimum atomic E-state index is -0.286. The lowest BCUT2D eigenvalue weighted by molar-refractivity contribution is -0.123. The summed E-state index contributed by atoms with van der Waals surface area (Å²) in [6.07, 6.45) is 1.84. The number of aryl methyl sites for hydroxylation is 1. The molecular weight excluding hydrogens is 286 g/mol. The standard InChI is InChI=1S/C11H12BrN3O2/c1-6-2-8(5-14-10(6)12)15-11(17)7-3-9(16)13-4-7/h2,5,7H,3-4H2,1H3,(H,13,16)(H,15,17). The molecule has 1 aliphatic heterocycles. The number of halogens is 1. The van der Waals surface area contributed by atoms with Gasteiger partial charge in [-0.3, -0.25) is 9.59 Å². The summed E-state index contributed by atoms with van der Waals surface area (Å²) in [6, 6.07) is 1.83. The van der Waals surface area contributed by atoms with E-state index in [1.54, 1.807) is 6.20 Å². The fourth-order valence-electron chi connectivity index (χ4n) is 1.66. The van der Waals surface area contributed by atoms with E-state index in [4.69, 9.17) is 0 Å². The quantitative estimate of drug-likeness (QED) is 0.807. The molecule has 90 valence electrons. The Bertz CT molecular complexity index is 476. The van der Waals surface area contributed by atoms with Crippen molar-refractivity contribution >= 4 is 33.4 Å². The van der Waals surface area contributed by atoms with Crippen LogP contribution >= 0.6 is 15.9 Å². The average molecular weight is 298 g/mol. The van der Waals surface area contributed by atoms with Crippen molar-refractivity contribution in [3.63, 3.8) is 0 Å². The van der Waals surface area contributed by atoms with Crippen LogP contribution in [0.15, 0.2) is 16.9 Å². The van der Waals surface area contributed by atoms with E-state index in [1.807, 2.05) is 13.0 Å². The van der Waals surface area contributed by atoms with E-state index < -0.39 is 0 Å². The molecular formula is C11H12BrN3O2. The molecule has 6 heteroatoms. The van der Waals surface area contributed by atoms with Crippen molar-refractivity contribution < 1.29 is 9.59 Å². The lowest BCUT2D eigenvalue weighted by Crippen LogP contribution is -2.24. The van der Waals surface area contributed by atoms with E-state index in [1.165, 1.54) is 0 Å². The Balaban J connectivity index is 2.03. The molecule has 0 radical (unpaired) electrons. The van der Waals surface area contributed by atoms with Crippen molar-refractivity contribution in [2.45, 2.75) is 13.3 Å². The predicted octanol–water partition coefficient (Wildman–Crippen LogP) is 1.23. The number of carbonyl (C=O) groups is 2. The highest BCUT2D eigenvalue weighted by molar-refractivity contribution is 9.10. The van der Waals surface area contributed by atoms with Crippen LogP contribution < -0.4 is 10.6 Å². The first-order valence-corrected chi connectivity index (χ1v) is 6.05. The van der Waals surface area contributed by atoms with Crippen LogP contribution in [0.2, 0.25) is 0 Å². The number of amides is 2. The SMILES string of the molecule is Cc1cc(NC(=O)C2CNC(=O)C2)cnc1Br. The largest absolute Gasteiger partial charge is 0.355 e. The molecule has 0 spiro atoms. The maximum Gasteiger partial charge on any atom is 0.229 e. The fraction of sp³-hybridized carbons (Fsp3) is 0.364. The number of hydrogen-bond donors (Lipinski definition) is 2. The molecule has 1 unspecified atom stereocenters. The molecule has 1 saturated heterocycles. The van der Waals surface area contributed by atoms with Gasteiger partial charge in [-0.25, -0.2) is 4.98 Å². The highest BCUT2D eigenvalue weighted by atomic mass is 79.9. The topological polar surface area (TPSA) is 71.1 Å². The lowest BCUT2D eigenvalue weighted by Gasteiger charge is -2.09. The smallest absolute Gasteiger partial charge is 0.229 e. The second-order valence-electron chi connectivity index (χ2n) is 4.03. The normalized spacial score (nSPS) is 18.9. The van der Waals surface area contributed by atoms with Crippen LogP contribution in [-0.2, 0) is 9.59 Å². The summed E-state index contributed by atoms with van der Waals surface area (Å²) >= 11 is 3.29. The van der Waals surface area contributed by atoms with E-state index in [-0.39, 0.29) is 24.2 Å². The van der Waals surface area contributed by atoms with Crippen molar-refractivity contribution in [2.24, 2.45) is 5.92 Å². The van der Waals surface area contributed by atoms with Gasteiger partial charge in [-0.2, -0.15) is 0 Å². The molecule has 5 nitrogen and oxygen atoms in total. The first-order chi connectivity index (χ1) is 8.06. The molecule has 0 aliphatic carbocycles. The number of aromatic nitrogens is 1. The third-order valence-electron chi connectivity index (χ3n) is 2.63. The van der Waals surface area contributed by atoms with Gasteiger partial charge in [-0.1, -0.05) is 0 Å². The Labute approximate surface area is 107 Å². The van der Waals surface area contributed by atoms with Crippen molar-refractivity contribution in [2.75, 3.05) is 11.9 Å². The van der Waals surface area contributed by atoms with E-state index in [9.17, 15) is 9.59 Å². The maximum absolute atomic E-state index is 11.8. The molecule has 1 fully saturated rings. The molecule has 1 atom stereocenters. The van der Waals surface area contributed by atoms with Gasteiger partial charge in [0, 0.05) is 13.0 Å². The van der Waals surface area contributed by atoms with Gasteiger partial charge in [0.15, 0.2) is 0 Å². The van der Waals surface area contributed by atoms with Crippen LogP contribution in [0, 0.1) is 12.8 Å². The molecule has 17 heavy (non-hydrogen) atoms. The number of rotatable bonds is 2. The van der Waals surface area contributed by atoms with Crippen molar-refractivity contribution in [1.82, 2.24) is 10.3 Å². The molecule has 0 aromatic carbocycles. The van der Waals surface area contributed by atoms with Crippen LogP contribution in [-0.4, -0.2) is 23.3 Å². The minimum Gasteiger partial charge on any atom is -0.355 e. The fourth-order valence-corrected chi connectivity index (χ4v) is 1.88. The number of carbonyl (C=O) groups excluding carboxylic acids is 2. The molecule has 2 amide bonds. The molecule has 2 rings (SSSR count). The van der Waals surface area contributed by atoms with Crippen LogP contribution in [0.5, 0.6) is 0 Å². The first kappa shape index (κ1) is 12.0. The van der Waals surface area contributed by atoms with E-state index in [0.29, 0.717) is 12.2 Å². The first-order valence-electron chi connectivity index (χ1n) is 5.26. The zero-order valence-corrected chi connectivity index (χ0v) is 10.9. The van der Waals surface area contributed by atoms with E-state index in [2.05, 4.69) is 31.5 Å². The summed E-state index contributed by atoms with van der Waals surface area (Å²) in [5.74, 6) is -0.506. The van der Waals surface area contributed by atoms with Gasteiger partial charge >= 0.3 is 0 Å². The monoisotopic (exact) mass is 297 g/mol. The second-order valence-corrected chi connectivity index (χ2v) is 4.78. The van der Waals surface area contributed by atoms with Crippen molar-refractivity contribution in [3.05, 3.63) is 22.4 Å². The molecule has 2 N–H and O–H groups in total. The third kappa shape index (κ3) is 2.82. The molecule has 1 aromatic heterocycles. The summed E-state index contributed by atoms with van der Waals surface area (Å²) in [5.41, 5.74) is 1.60. The Morgan fingerprint density at radius 2 is 2.41 bits per heavy atom. The summed E-state index contributed by atoms with van der Waals surface area (Å²) in [4.78, 5) is 26.9. The molecule has 2 heterocycles. The number of hydrogen-bond acceptors (Lipinski definition) is 3. The number of pyridine rings is 1. The van der Waals surface area contributed by atoms with Crippen molar-refractivity contribution in [1.29, 1.82) is 0 Å². The van der Waals surface area contributed by atoms with Crippen LogP contribution in [0.3, 0.4) is 0 Å². The number of nitrogens with one attached hydrogen (secondary N) is 2. The van der Waals surface area contributed by atoms with Crippen LogP contribution in [0.25, 0.3) is 0 Å². The lowest BCUT2D eigenvalue weighted by atomic mass is 10.1. The van der Waals surface area contributed by atoms with Gasteiger partial charge in [0.25, 0.3) is 0 Å². The van der Waals surface area contributed by atoms with E-state index >= 15 is 0 Å². The Morgan fingerprint density at radius 3 is 3.00 bits per heavy atom. The molecule has 1 aliphatic rings. The molecule has 0 saturated carbocycles. The molecule has 1 aromatic rings. The van der Waals surface area contributed by atoms with Crippen LogP contribution in [0.1, 0.15) is 12.0 Å². The predicted molar refractivity (Wildman–Crippen MR) is 66.4 cm³/mol. The maximum atomic E-state index is 11.8. The van der Waals surface area contributed by atoms with Gasteiger partial charge in [-0.15, -0.1) is 0 Å². The number of anilines is 1. The van der Waals surface area contributed by atoms with Gasteiger partial charge < -0.3 is 10.6 Å². The summed E-state index contributed by atoms with van der Waals surface area (Å²) in [5, 5.41) is 5.39. The van der Waals surface area contributed by atoms with Gasteiger partial charge in [0.1, 0.15) is 4.60 Å². The van der Waals surface area contributed by atoms with E-state index in [0.717, 1.165) is 10.2 Å². The second kappa shape index (κ2) is 4.83. The van der Waals surface area contributed by atoms with Crippen molar-refractivity contribution in [3.8, 4) is 0 Å². The Kier molecular flexibility index (Phi) is 3.42. The zero-order chi connectivity index (χ0) is 12.4. The zero-order valence-electron chi connectivity index (χ0n) is 9.29.